The molecule has 4 heteroatoms. The average molecular weight is 214 g/mol. The monoisotopic (exact) mass is 214 g/mol. The standard InChI is InChI=1S/C11H22N2O2/c1-8-3-5-9(6-4-8)13(2)10(7-12)11(14)15/h8-10H,3-7,12H2,1-2H3,(H,14,15). The predicted molar refractivity (Wildman–Crippen MR) is 59.7 cm³/mol. The van der Waals surface area contributed by atoms with E-state index < -0.39 is 12.0 Å². The van der Waals surface area contributed by atoms with Crippen molar-refractivity contribution >= 4 is 5.97 Å². The number of carboxylic acids is 1. The Morgan fingerprint density at radius 2 is 2.00 bits per heavy atom. The molecule has 0 saturated heterocycles. The molecule has 0 aromatic rings. The first-order chi connectivity index (χ1) is 7.06. The van der Waals surface area contributed by atoms with Crippen LogP contribution >= 0.6 is 0 Å². The number of nitrogens with two attached hydrogens (primary N) is 1. The zero-order valence-corrected chi connectivity index (χ0v) is 9.65. The van der Waals surface area contributed by atoms with Crippen molar-refractivity contribution < 1.29 is 9.90 Å². The normalized spacial score (nSPS) is 29.1. The van der Waals surface area contributed by atoms with Crippen LogP contribution in [0.25, 0.3) is 0 Å². The predicted octanol–water partition coefficient (Wildman–Crippen LogP) is 0.909. The summed E-state index contributed by atoms with van der Waals surface area (Å²) in [6.45, 7) is 2.45. The third kappa shape index (κ3) is 3.18. The Balaban J connectivity index is 2.51. The summed E-state index contributed by atoms with van der Waals surface area (Å²) in [5, 5.41) is 9.00. The topological polar surface area (TPSA) is 66.6 Å². The van der Waals surface area contributed by atoms with Crippen LogP contribution in [0.3, 0.4) is 0 Å². The van der Waals surface area contributed by atoms with E-state index in [1.54, 1.807) is 0 Å². The Hall–Kier alpha value is -0.610. The molecular weight excluding hydrogens is 192 g/mol. The third-order valence-electron chi connectivity index (χ3n) is 3.56. The Morgan fingerprint density at radius 1 is 1.47 bits per heavy atom. The number of hydrogen-bond donors (Lipinski definition) is 2. The lowest BCUT2D eigenvalue weighted by Gasteiger charge is -2.36. The molecule has 1 saturated carbocycles. The van der Waals surface area contributed by atoms with Gasteiger partial charge in [-0.1, -0.05) is 6.92 Å². The lowest BCUT2D eigenvalue weighted by molar-refractivity contribution is -0.143. The van der Waals surface area contributed by atoms with Gasteiger partial charge in [-0.15, -0.1) is 0 Å². The van der Waals surface area contributed by atoms with Crippen molar-refractivity contribution in [1.29, 1.82) is 0 Å². The maximum absolute atomic E-state index is 11.0. The Kier molecular flexibility index (Phi) is 4.54. The van der Waals surface area contributed by atoms with Gasteiger partial charge in [0.2, 0.25) is 0 Å². The van der Waals surface area contributed by atoms with Crippen molar-refractivity contribution in [3.8, 4) is 0 Å². The van der Waals surface area contributed by atoms with E-state index in [1.165, 1.54) is 12.8 Å². The molecule has 1 aliphatic carbocycles. The molecule has 1 aliphatic rings. The van der Waals surface area contributed by atoms with Crippen LogP contribution in [0.15, 0.2) is 0 Å². The highest BCUT2D eigenvalue weighted by Gasteiger charge is 2.29. The van der Waals surface area contributed by atoms with Gasteiger partial charge in [-0.2, -0.15) is 0 Å². The van der Waals surface area contributed by atoms with Crippen molar-refractivity contribution in [1.82, 2.24) is 4.90 Å². The van der Waals surface area contributed by atoms with Gasteiger partial charge in [0.05, 0.1) is 0 Å². The molecule has 1 rings (SSSR count). The molecule has 0 spiro atoms. The highest BCUT2D eigenvalue weighted by Crippen LogP contribution is 2.27. The van der Waals surface area contributed by atoms with Crippen LogP contribution in [0.4, 0.5) is 0 Å². The van der Waals surface area contributed by atoms with Crippen molar-refractivity contribution in [2.45, 2.75) is 44.7 Å². The van der Waals surface area contributed by atoms with Gasteiger partial charge in [0, 0.05) is 12.6 Å². The summed E-state index contributed by atoms with van der Waals surface area (Å²) < 4.78 is 0. The van der Waals surface area contributed by atoms with Crippen molar-refractivity contribution in [2.75, 3.05) is 13.6 Å². The van der Waals surface area contributed by atoms with Crippen LogP contribution in [0.1, 0.15) is 32.6 Å². The van der Waals surface area contributed by atoms with Crippen LogP contribution in [0.2, 0.25) is 0 Å². The van der Waals surface area contributed by atoms with E-state index in [4.69, 9.17) is 10.8 Å². The van der Waals surface area contributed by atoms with Crippen LogP contribution in [-0.2, 0) is 4.79 Å². The molecule has 0 heterocycles. The molecule has 0 amide bonds. The fourth-order valence-corrected chi connectivity index (χ4v) is 2.35. The second-order valence-electron chi connectivity index (χ2n) is 4.67. The molecule has 0 aliphatic heterocycles. The zero-order chi connectivity index (χ0) is 11.4. The van der Waals surface area contributed by atoms with E-state index in [0.717, 1.165) is 18.8 Å². The summed E-state index contributed by atoms with van der Waals surface area (Å²) in [5.74, 6) is -0.0190. The molecule has 0 radical (unpaired) electrons. The van der Waals surface area contributed by atoms with E-state index >= 15 is 0 Å². The van der Waals surface area contributed by atoms with E-state index in [2.05, 4.69) is 6.92 Å². The van der Waals surface area contributed by atoms with E-state index in [1.807, 2.05) is 11.9 Å². The Labute approximate surface area is 91.4 Å². The molecule has 1 atom stereocenters. The number of carbonyl (C=O) groups is 1. The zero-order valence-electron chi connectivity index (χ0n) is 9.65. The van der Waals surface area contributed by atoms with Gasteiger partial charge in [-0.3, -0.25) is 9.69 Å². The first-order valence-electron chi connectivity index (χ1n) is 5.71. The molecule has 1 unspecified atom stereocenters. The number of nitrogens with zero attached hydrogens (tertiary/aromatic N) is 1. The Bertz CT molecular complexity index is 213. The van der Waals surface area contributed by atoms with E-state index in [9.17, 15) is 4.79 Å². The lowest BCUT2D eigenvalue weighted by Crippen LogP contribution is -2.49. The average Bonchev–Trinajstić information content (AvgIpc) is 2.19. The summed E-state index contributed by atoms with van der Waals surface area (Å²) in [5.41, 5.74) is 5.49. The molecular formula is C11H22N2O2. The Morgan fingerprint density at radius 3 is 2.40 bits per heavy atom. The summed E-state index contributed by atoms with van der Waals surface area (Å²) in [6, 6.07) is -0.130. The van der Waals surface area contributed by atoms with Gasteiger partial charge in [-0.25, -0.2) is 0 Å². The highest BCUT2D eigenvalue weighted by atomic mass is 16.4. The summed E-state index contributed by atoms with van der Waals surface area (Å²) in [4.78, 5) is 12.9. The molecule has 3 N–H and O–H groups in total. The lowest BCUT2D eigenvalue weighted by atomic mass is 9.86. The minimum Gasteiger partial charge on any atom is -0.480 e. The highest BCUT2D eigenvalue weighted by molar-refractivity contribution is 5.73. The summed E-state index contributed by atoms with van der Waals surface area (Å²) in [6.07, 6.45) is 4.60. The van der Waals surface area contributed by atoms with Crippen LogP contribution in [-0.4, -0.2) is 41.7 Å². The van der Waals surface area contributed by atoms with Gasteiger partial charge in [0.25, 0.3) is 0 Å². The van der Waals surface area contributed by atoms with Gasteiger partial charge in [-0.05, 0) is 38.6 Å². The summed E-state index contributed by atoms with van der Waals surface area (Å²) in [7, 11) is 1.88. The molecule has 0 bridgehead atoms. The molecule has 15 heavy (non-hydrogen) atoms. The van der Waals surface area contributed by atoms with E-state index in [0.29, 0.717) is 6.04 Å². The quantitative estimate of drug-likeness (QED) is 0.730. The summed E-state index contributed by atoms with van der Waals surface area (Å²) >= 11 is 0. The minimum absolute atomic E-state index is 0.192. The SMILES string of the molecule is CC1CCC(N(C)C(CN)C(=O)O)CC1. The van der Waals surface area contributed by atoms with Gasteiger partial charge < -0.3 is 10.8 Å². The first kappa shape index (κ1) is 12.5. The second kappa shape index (κ2) is 5.47. The van der Waals surface area contributed by atoms with Crippen LogP contribution < -0.4 is 5.73 Å². The minimum atomic E-state index is -0.807. The van der Waals surface area contributed by atoms with Gasteiger partial charge in [0.15, 0.2) is 0 Å². The maximum Gasteiger partial charge on any atom is 0.322 e. The van der Waals surface area contributed by atoms with Crippen LogP contribution in [0, 0.1) is 5.92 Å². The maximum atomic E-state index is 11.0. The van der Waals surface area contributed by atoms with E-state index in [-0.39, 0.29) is 6.54 Å². The molecule has 1 fully saturated rings. The molecule has 4 nitrogen and oxygen atoms in total. The number of hydrogen-bond acceptors (Lipinski definition) is 3. The first-order valence-corrected chi connectivity index (χ1v) is 5.71. The van der Waals surface area contributed by atoms with Crippen molar-refractivity contribution in [2.24, 2.45) is 11.7 Å². The fourth-order valence-electron chi connectivity index (χ4n) is 2.35. The molecule has 0 aromatic carbocycles. The molecule has 88 valence electrons. The second-order valence-corrected chi connectivity index (χ2v) is 4.67. The van der Waals surface area contributed by atoms with Crippen molar-refractivity contribution in [3.05, 3.63) is 0 Å². The largest absolute Gasteiger partial charge is 0.480 e. The third-order valence-corrected chi connectivity index (χ3v) is 3.56. The van der Waals surface area contributed by atoms with Gasteiger partial charge >= 0.3 is 5.97 Å². The van der Waals surface area contributed by atoms with Crippen LogP contribution in [0.5, 0.6) is 0 Å². The fraction of sp³-hybridized carbons (Fsp3) is 0.909. The number of aliphatic carboxylic acids is 1. The number of rotatable bonds is 4. The van der Waals surface area contributed by atoms with Gasteiger partial charge in [0.1, 0.15) is 6.04 Å². The van der Waals surface area contributed by atoms with Crippen molar-refractivity contribution in [3.63, 3.8) is 0 Å². The number of carboxylic acid groups (broad SMARTS) is 1. The smallest absolute Gasteiger partial charge is 0.322 e. The number of likely N-dealkylation sites (N-methyl/N-ethyl adjacent to an activating group) is 1. The molecule has 0 aromatic heterocycles.